The molecule has 0 amide bonds. The van der Waals surface area contributed by atoms with Gasteiger partial charge in [0.2, 0.25) is 0 Å². The Kier molecular flexibility index (Phi) is 4.21. The summed E-state index contributed by atoms with van der Waals surface area (Å²) in [6.45, 7) is 0. The molecule has 1 rings (SSSR count). The Balaban J connectivity index is 0.000001000. The molecule has 0 saturated heterocycles. The molecule has 3 nitrogen and oxygen atoms in total. The molecule has 0 unspecified atom stereocenters. The van der Waals surface area contributed by atoms with Crippen LogP contribution < -0.4 is 0 Å². The first-order valence-corrected chi connectivity index (χ1v) is 4.07. The normalized spacial score (nSPS) is 10.3. The van der Waals surface area contributed by atoms with Gasteiger partial charge < -0.3 is 0 Å². The average molecular weight is 359 g/mol. The maximum atomic E-state index is 10.4. The van der Waals surface area contributed by atoms with Gasteiger partial charge in [-0.05, 0) is 12.1 Å². The standard InChI is InChI=1S/C6H6O3S.Hg/c7-10(8,9)6-4-2-1-3-5-6;/h1-5H,(H,7,8,9);. The second kappa shape index (κ2) is 4.18. The maximum Gasteiger partial charge on any atom is 0.294 e. The fourth-order valence-corrected chi connectivity index (χ4v) is 1.09. The average Bonchev–Trinajstić information content (AvgIpc) is 1.88. The van der Waals surface area contributed by atoms with Crippen molar-refractivity contribution in [1.29, 1.82) is 0 Å². The van der Waals surface area contributed by atoms with Gasteiger partial charge in [0.15, 0.2) is 0 Å². The Labute approximate surface area is 85.7 Å². The summed E-state index contributed by atoms with van der Waals surface area (Å²) in [6.07, 6.45) is 0. The number of rotatable bonds is 1. The zero-order valence-electron chi connectivity index (χ0n) is 5.77. The molecule has 0 spiro atoms. The summed E-state index contributed by atoms with van der Waals surface area (Å²) in [5.74, 6) is 0. The second-order valence-electron chi connectivity index (χ2n) is 1.79. The number of hydrogen-bond donors (Lipinski definition) is 1. The largest absolute Gasteiger partial charge is 0.294 e. The summed E-state index contributed by atoms with van der Waals surface area (Å²) in [4.78, 5) is -0.0741. The first kappa shape index (κ1) is 11.1. The van der Waals surface area contributed by atoms with Crippen molar-refractivity contribution < 1.29 is 40.6 Å². The van der Waals surface area contributed by atoms with Crippen molar-refractivity contribution >= 4 is 10.1 Å². The molecule has 5 heteroatoms. The van der Waals surface area contributed by atoms with E-state index in [1.54, 1.807) is 18.2 Å². The van der Waals surface area contributed by atoms with Crippen LogP contribution in [0.3, 0.4) is 0 Å². The third-order valence-electron chi connectivity index (χ3n) is 1.04. The van der Waals surface area contributed by atoms with Crippen LogP contribution in [0.2, 0.25) is 0 Å². The first-order chi connectivity index (χ1) is 4.61. The van der Waals surface area contributed by atoms with Crippen molar-refractivity contribution in [3.8, 4) is 0 Å². The van der Waals surface area contributed by atoms with Gasteiger partial charge in [-0.25, -0.2) is 0 Å². The van der Waals surface area contributed by atoms with Crippen LogP contribution in [-0.4, -0.2) is 13.0 Å². The van der Waals surface area contributed by atoms with E-state index in [-0.39, 0.29) is 32.6 Å². The Morgan fingerprint density at radius 1 is 1.09 bits per heavy atom. The molecule has 0 aliphatic carbocycles. The van der Waals surface area contributed by atoms with Gasteiger partial charge in [-0.1, -0.05) is 18.2 Å². The Morgan fingerprint density at radius 3 is 1.82 bits per heavy atom. The Hall–Kier alpha value is 0.0651. The van der Waals surface area contributed by atoms with Crippen LogP contribution in [0.25, 0.3) is 0 Å². The monoisotopic (exact) mass is 360 g/mol. The van der Waals surface area contributed by atoms with Crippen molar-refractivity contribution in [1.82, 2.24) is 0 Å². The summed E-state index contributed by atoms with van der Waals surface area (Å²) in [6, 6.07) is 7.42. The second-order valence-corrected chi connectivity index (χ2v) is 3.21. The van der Waals surface area contributed by atoms with E-state index in [1.807, 2.05) is 0 Å². The number of benzene rings is 1. The molecule has 0 heterocycles. The third kappa shape index (κ3) is 3.31. The predicted molar refractivity (Wildman–Crippen MR) is 36.3 cm³/mol. The van der Waals surface area contributed by atoms with Crippen molar-refractivity contribution in [2.45, 2.75) is 4.90 Å². The molecule has 1 aromatic rings. The molecular formula is C6H6HgO3S. The molecular weight excluding hydrogens is 353 g/mol. The summed E-state index contributed by atoms with van der Waals surface area (Å²) >= 11 is 0. The Bertz CT molecular complexity index is 306. The van der Waals surface area contributed by atoms with Crippen molar-refractivity contribution in [3.05, 3.63) is 30.3 Å². The molecule has 56 valence electrons. The molecule has 0 radical (unpaired) electrons. The van der Waals surface area contributed by atoms with E-state index >= 15 is 0 Å². The molecule has 1 aromatic carbocycles. The zero-order valence-corrected chi connectivity index (χ0v) is 12.1. The quantitative estimate of drug-likeness (QED) is 0.600. The van der Waals surface area contributed by atoms with Gasteiger partial charge in [-0.3, -0.25) is 4.55 Å². The first-order valence-electron chi connectivity index (χ1n) is 2.63. The number of hydrogen-bond acceptors (Lipinski definition) is 2. The van der Waals surface area contributed by atoms with Crippen LogP contribution in [0.15, 0.2) is 35.2 Å². The van der Waals surface area contributed by atoms with Crippen molar-refractivity contribution in [3.63, 3.8) is 0 Å². The zero-order chi connectivity index (χ0) is 7.61. The smallest absolute Gasteiger partial charge is 0.282 e. The summed E-state index contributed by atoms with van der Waals surface area (Å²) in [7, 11) is -4.00. The van der Waals surface area contributed by atoms with Crippen LogP contribution in [0.1, 0.15) is 0 Å². The Morgan fingerprint density at radius 2 is 1.55 bits per heavy atom. The van der Waals surface area contributed by atoms with Gasteiger partial charge >= 0.3 is 0 Å². The minimum Gasteiger partial charge on any atom is -0.282 e. The van der Waals surface area contributed by atoms with E-state index in [4.69, 9.17) is 4.55 Å². The topological polar surface area (TPSA) is 54.4 Å². The summed E-state index contributed by atoms with van der Waals surface area (Å²) in [5, 5.41) is 0. The fourth-order valence-electron chi connectivity index (χ4n) is 0.592. The molecule has 0 saturated carbocycles. The van der Waals surface area contributed by atoms with Gasteiger partial charge in [0, 0.05) is 27.7 Å². The van der Waals surface area contributed by atoms with Gasteiger partial charge in [0.25, 0.3) is 10.1 Å². The third-order valence-corrected chi connectivity index (χ3v) is 1.91. The minimum atomic E-state index is -4.00. The molecule has 0 atom stereocenters. The molecule has 1 N–H and O–H groups in total. The van der Waals surface area contributed by atoms with Crippen molar-refractivity contribution in [2.24, 2.45) is 0 Å². The summed E-state index contributed by atoms with van der Waals surface area (Å²) < 4.78 is 29.2. The predicted octanol–water partition coefficient (Wildman–Crippen LogP) is 0.931. The molecule has 0 fully saturated rings. The minimum absolute atomic E-state index is 0. The van der Waals surface area contributed by atoms with Gasteiger partial charge in [0.05, 0.1) is 4.90 Å². The van der Waals surface area contributed by atoms with Crippen LogP contribution in [0.4, 0.5) is 0 Å². The summed E-state index contributed by atoms with van der Waals surface area (Å²) in [5.41, 5.74) is 0. The molecule has 0 bridgehead atoms. The molecule has 11 heavy (non-hydrogen) atoms. The van der Waals surface area contributed by atoms with Crippen molar-refractivity contribution in [2.75, 3.05) is 0 Å². The maximum absolute atomic E-state index is 10.4. The van der Waals surface area contributed by atoms with Crippen LogP contribution in [0.5, 0.6) is 0 Å². The van der Waals surface area contributed by atoms with Crippen LogP contribution >= 0.6 is 0 Å². The van der Waals surface area contributed by atoms with E-state index in [9.17, 15) is 8.42 Å². The van der Waals surface area contributed by atoms with E-state index in [2.05, 4.69) is 0 Å². The fraction of sp³-hybridized carbons (Fsp3) is 0. The van der Waals surface area contributed by atoms with E-state index in [1.165, 1.54) is 12.1 Å². The van der Waals surface area contributed by atoms with Gasteiger partial charge in [-0.2, -0.15) is 8.42 Å². The van der Waals surface area contributed by atoms with Crippen LogP contribution in [0, 0.1) is 0 Å². The van der Waals surface area contributed by atoms with E-state index in [0.717, 1.165) is 0 Å². The SMILES string of the molecule is O=S(=O)(O)c1ccccc1.[Hg]. The molecule has 0 aromatic heterocycles. The molecule has 0 aliphatic heterocycles. The van der Waals surface area contributed by atoms with Crippen LogP contribution in [-0.2, 0) is 37.8 Å². The molecule has 0 aliphatic rings. The van der Waals surface area contributed by atoms with Gasteiger partial charge in [0.1, 0.15) is 0 Å². The van der Waals surface area contributed by atoms with Gasteiger partial charge in [-0.15, -0.1) is 0 Å². The van der Waals surface area contributed by atoms with E-state index in [0.29, 0.717) is 0 Å². The van der Waals surface area contributed by atoms with E-state index < -0.39 is 10.1 Å².